The molecule has 65 valence electrons. The van der Waals surface area contributed by atoms with Gasteiger partial charge in [-0.1, -0.05) is 0 Å². The zero-order chi connectivity index (χ0) is 8.97. The number of aromatic nitrogens is 2. The van der Waals surface area contributed by atoms with Gasteiger partial charge in [0.05, 0.1) is 0 Å². The van der Waals surface area contributed by atoms with Gasteiger partial charge < -0.3 is 16.0 Å². The standard InChI is InChI=1S/C7H12N5/c1-8-5-4-11-6(9-2)7(10-3)12-5/h1-3H3,(H,9,11)(H2,8,10,12). The topological polar surface area (TPSA) is 61.9 Å². The lowest BCUT2D eigenvalue weighted by Gasteiger charge is -2.06. The first kappa shape index (κ1) is 8.58. The van der Waals surface area contributed by atoms with Gasteiger partial charge in [-0.25, -0.2) is 9.97 Å². The van der Waals surface area contributed by atoms with Crippen LogP contribution in [0.15, 0.2) is 0 Å². The number of hydrogen-bond donors (Lipinski definition) is 3. The van der Waals surface area contributed by atoms with Crippen molar-refractivity contribution in [2.45, 2.75) is 0 Å². The molecule has 0 aliphatic carbocycles. The predicted octanol–water partition coefficient (Wildman–Crippen LogP) is 0.402. The minimum absolute atomic E-state index is 0.623. The van der Waals surface area contributed by atoms with E-state index in [1.165, 1.54) is 0 Å². The van der Waals surface area contributed by atoms with Crippen LogP contribution in [0.25, 0.3) is 0 Å². The van der Waals surface area contributed by atoms with Gasteiger partial charge in [0.25, 0.3) is 0 Å². The molecule has 0 amide bonds. The number of hydrogen-bond acceptors (Lipinski definition) is 5. The fraction of sp³-hybridized carbons (Fsp3) is 0.429. The van der Waals surface area contributed by atoms with Crippen LogP contribution in [0.3, 0.4) is 0 Å². The molecule has 0 spiro atoms. The number of anilines is 3. The molecular formula is C7H12N5. The second-order valence-corrected chi connectivity index (χ2v) is 2.13. The van der Waals surface area contributed by atoms with Gasteiger partial charge in [-0.3, -0.25) is 0 Å². The van der Waals surface area contributed by atoms with E-state index in [0.717, 1.165) is 0 Å². The third-order valence-corrected chi connectivity index (χ3v) is 1.43. The van der Waals surface area contributed by atoms with Crippen molar-refractivity contribution in [1.82, 2.24) is 9.97 Å². The Labute approximate surface area is 71.6 Å². The van der Waals surface area contributed by atoms with Gasteiger partial charge in [0.1, 0.15) is 6.20 Å². The van der Waals surface area contributed by atoms with Crippen LogP contribution in [0.4, 0.5) is 17.5 Å². The Hall–Kier alpha value is -1.52. The zero-order valence-corrected chi connectivity index (χ0v) is 7.39. The Kier molecular flexibility index (Phi) is 2.68. The largest absolute Gasteiger partial charge is 0.371 e. The van der Waals surface area contributed by atoms with Crippen LogP contribution in [0, 0.1) is 6.20 Å². The van der Waals surface area contributed by atoms with Crippen LogP contribution in [0.2, 0.25) is 0 Å². The van der Waals surface area contributed by atoms with E-state index in [1.807, 2.05) is 0 Å². The molecule has 1 aromatic rings. The fourth-order valence-electron chi connectivity index (χ4n) is 0.812. The molecule has 5 heteroatoms. The molecule has 0 aromatic carbocycles. The summed E-state index contributed by atoms with van der Waals surface area (Å²) < 4.78 is 0. The third kappa shape index (κ3) is 1.55. The van der Waals surface area contributed by atoms with E-state index in [0.29, 0.717) is 17.5 Å². The highest BCUT2D eigenvalue weighted by Crippen LogP contribution is 2.15. The van der Waals surface area contributed by atoms with Gasteiger partial charge in [0, 0.05) is 21.1 Å². The molecule has 0 atom stereocenters. The molecule has 0 saturated carbocycles. The SMILES string of the molecule is CNc1[c]nc(NC)c(NC)n1. The molecule has 5 nitrogen and oxygen atoms in total. The summed E-state index contributed by atoms with van der Waals surface area (Å²) in [6, 6.07) is 0. The number of nitrogens with one attached hydrogen (secondary N) is 3. The Balaban J connectivity index is 3.02. The summed E-state index contributed by atoms with van der Waals surface area (Å²) >= 11 is 0. The van der Waals surface area contributed by atoms with Gasteiger partial charge in [-0.2, -0.15) is 0 Å². The van der Waals surface area contributed by atoms with Crippen LogP contribution >= 0.6 is 0 Å². The van der Waals surface area contributed by atoms with Gasteiger partial charge in [0.2, 0.25) is 0 Å². The van der Waals surface area contributed by atoms with Gasteiger partial charge in [-0.15, -0.1) is 0 Å². The smallest absolute Gasteiger partial charge is 0.171 e. The molecule has 1 radical (unpaired) electrons. The van der Waals surface area contributed by atoms with E-state index < -0.39 is 0 Å². The molecule has 1 rings (SSSR count). The summed E-state index contributed by atoms with van der Waals surface area (Å²) in [5, 5.41) is 8.68. The first-order chi connectivity index (χ1) is 5.81. The highest BCUT2D eigenvalue weighted by atomic mass is 15.1. The van der Waals surface area contributed by atoms with Crippen LogP contribution < -0.4 is 16.0 Å². The lowest BCUT2D eigenvalue weighted by atomic mass is 10.5. The van der Waals surface area contributed by atoms with Crippen LogP contribution in [-0.2, 0) is 0 Å². The minimum atomic E-state index is 0.623. The van der Waals surface area contributed by atoms with Crippen molar-refractivity contribution >= 4 is 17.5 Å². The van der Waals surface area contributed by atoms with Crippen LogP contribution in [-0.4, -0.2) is 31.1 Å². The third-order valence-electron chi connectivity index (χ3n) is 1.43. The average molecular weight is 166 g/mol. The Morgan fingerprint density at radius 3 is 2.17 bits per heavy atom. The fourth-order valence-corrected chi connectivity index (χ4v) is 0.812. The van der Waals surface area contributed by atoms with E-state index in [2.05, 4.69) is 32.1 Å². The summed E-state index contributed by atoms with van der Waals surface area (Å²) in [6.45, 7) is 0. The molecule has 3 N–H and O–H groups in total. The van der Waals surface area contributed by atoms with Crippen molar-refractivity contribution < 1.29 is 0 Å². The maximum absolute atomic E-state index is 4.18. The second kappa shape index (κ2) is 3.75. The van der Waals surface area contributed by atoms with E-state index in [4.69, 9.17) is 0 Å². The van der Waals surface area contributed by atoms with E-state index in [1.54, 1.807) is 21.1 Å². The molecule has 0 bridgehead atoms. The van der Waals surface area contributed by atoms with Crippen molar-refractivity contribution in [2.24, 2.45) is 0 Å². The molecular weight excluding hydrogens is 154 g/mol. The molecule has 0 aliphatic rings. The highest BCUT2D eigenvalue weighted by molar-refractivity contribution is 5.60. The van der Waals surface area contributed by atoms with E-state index in [9.17, 15) is 0 Å². The van der Waals surface area contributed by atoms with Crippen molar-refractivity contribution in [1.29, 1.82) is 0 Å². The normalized spacial score (nSPS) is 9.25. The molecule has 0 fully saturated rings. The van der Waals surface area contributed by atoms with Crippen molar-refractivity contribution in [3.05, 3.63) is 6.20 Å². The van der Waals surface area contributed by atoms with Gasteiger partial charge in [0.15, 0.2) is 17.5 Å². The van der Waals surface area contributed by atoms with Crippen molar-refractivity contribution in [2.75, 3.05) is 37.1 Å². The summed E-state index contributed by atoms with van der Waals surface area (Å²) in [7, 11) is 5.36. The first-order valence-corrected chi connectivity index (χ1v) is 3.64. The maximum Gasteiger partial charge on any atom is 0.171 e. The predicted molar refractivity (Wildman–Crippen MR) is 49.5 cm³/mol. The quantitative estimate of drug-likeness (QED) is 0.606. The van der Waals surface area contributed by atoms with Gasteiger partial charge >= 0.3 is 0 Å². The molecule has 0 unspecified atom stereocenters. The Morgan fingerprint density at radius 1 is 1.00 bits per heavy atom. The molecule has 0 saturated heterocycles. The van der Waals surface area contributed by atoms with Crippen LogP contribution in [0.5, 0.6) is 0 Å². The minimum Gasteiger partial charge on any atom is -0.371 e. The Morgan fingerprint density at radius 2 is 1.67 bits per heavy atom. The monoisotopic (exact) mass is 166 g/mol. The van der Waals surface area contributed by atoms with Crippen molar-refractivity contribution in [3.8, 4) is 0 Å². The number of rotatable bonds is 3. The molecule has 1 heterocycles. The van der Waals surface area contributed by atoms with Crippen molar-refractivity contribution in [3.63, 3.8) is 0 Å². The first-order valence-electron chi connectivity index (χ1n) is 3.64. The van der Waals surface area contributed by atoms with Gasteiger partial charge in [-0.05, 0) is 0 Å². The second-order valence-electron chi connectivity index (χ2n) is 2.13. The summed E-state index contributed by atoms with van der Waals surface area (Å²) in [5.41, 5.74) is 0. The average Bonchev–Trinajstić information content (AvgIpc) is 2.16. The summed E-state index contributed by atoms with van der Waals surface area (Å²) in [5.74, 6) is 2.02. The highest BCUT2D eigenvalue weighted by Gasteiger charge is 2.02. The summed E-state index contributed by atoms with van der Waals surface area (Å²) in [4.78, 5) is 8.19. The lowest BCUT2D eigenvalue weighted by molar-refractivity contribution is 1.16. The number of nitrogens with zero attached hydrogens (tertiary/aromatic N) is 2. The Bertz CT molecular complexity index is 260. The zero-order valence-electron chi connectivity index (χ0n) is 7.39. The molecule has 12 heavy (non-hydrogen) atoms. The maximum atomic E-state index is 4.18. The van der Waals surface area contributed by atoms with Crippen LogP contribution in [0.1, 0.15) is 0 Å². The lowest BCUT2D eigenvalue weighted by Crippen LogP contribution is -2.04. The van der Waals surface area contributed by atoms with E-state index >= 15 is 0 Å². The van der Waals surface area contributed by atoms with E-state index in [-0.39, 0.29) is 0 Å². The molecule has 1 aromatic heterocycles. The summed E-state index contributed by atoms with van der Waals surface area (Å²) in [6.07, 6.45) is 2.74. The molecule has 0 aliphatic heterocycles.